The van der Waals surface area contributed by atoms with Crippen LogP contribution in [0.3, 0.4) is 0 Å². The minimum absolute atomic E-state index is 0.241. The summed E-state index contributed by atoms with van der Waals surface area (Å²) in [7, 11) is -2.84. The third kappa shape index (κ3) is 4.42. The molecule has 3 nitrogen and oxygen atoms in total. The molecule has 0 saturated heterocycles. The molecule has 1 saturated carbocycles. The Kier molecular flexibility index (Phi) is 4.38. The Labute approximate surface area is 86.4 Å². The number of aliphatic hydroxyl groups excluding tert-OH is 1. The van der Waals surface area contributed by atoms with Crippen LogP contribution in [0.1, 0.15) is 39.0 Å². The third-order valence-electron chi connectivity index (χ3n) is 2.64. The van der Waals surface area contributed by atoms with E-state index in [0.717, 1.165) is 12.8 Å². The zero-order valence-corrected chi connectivity index (χ0v) is 9.59. The van der Waals surface area contributed by atoms with E-state index in [1.165, 1.54) is 0 Å². The molecule has 4 heteroatoms. The van der Waals surface area contributed by atoms with Crippen LogP contribution in [0.4, 0.5) is 0 Å². The highest BCUT2D eigenvalue weighted by Crippen LogP contribution is 2.34. The molecule has 0 amide bonds. The van der Waals surface area contributed by atoms with Gasteiger partial charge in [-0.25, -0.2) is 8.42 Å². The van der Waals surface area contributed by atoms with Gasteiger partial charge < -0.3 is 5.11 Å². The highest BCUT2D eigenvalue weighted by molar-refractivity contribution is 7.91. The molecular weight excluding hydrogens is 200 g/mol. The Balaban J connectivity index is 2.13. The van der Waals surface area contributed by atoms with Crippen LogP contribution < -0.4 is 0 Å². The van der Waals surface area contributed by atoms with Crippen molar-refractivity contribution in [2.45, 2.75) is 45.1 Å². The zero-order valence-electron chi connectivity index (χ0n) is 8.78. The second kappa shape index (κ2) is 5.12. The largest absolute Gasteiger partial charge is 0.393 e. The van der Waals surface area contributed by atoms with Crippen molar-refractivity contribution in [3.63, 3.8) is 0 Å². The highest BCUT2D eigenvalue weighted by atomic mass is 32.2. The molecule has 1 fully saturated rings. The second-order valence-electron chi connectivity index (χ2n) is 4.20. The van der Waals surface area contributed by atoms with Crippen LogP contribution >= 0.6 is 0 Å². The van der Waals surface area contributed by atoms with Gasteiger partial charge in [0, 0.05) is 5.75 Å². The Morgan fingerprint density at radius 3 is 2.50 bits per heavy atom. The first-order valence-electron chi connectivity index (χ1n) is 5.43. The Hall–Kier alpha value is -0.0900. The molecule has 1 N–H and O–H groups in total. The lowest BCUT2D eigenvalue weighted by Crippen LogP contribution is -2.14. The molecule has 0 bridgehead atoms. The molecular formula is C10H20O3S. The summed E-state index contributed by atoms with van der Waals surface area (Å²) in [5.74, 6) is 0.987. The van der Waals surface area contributed by atoms with Gasteiger partial charge in [0.2, 0.25) is 0 Å². The summed E-state index contributed by atoms with van der Waals surface area (Å²) in [5, 5.41) is 9.52. The lowest BCUT2D eigenvalue weighted by Gasteiger charge is -2.08. The summed E-state index contributed by atoms with van der Waals surface area (Å²) in [6.45, 7) is 1.87. The van der Waals surface area contributed by atoms with Crippen LogP contribution in [0, 0.1) is 5.92 Å². The minimum Gasteiger partial charge on any atom is -0.393 e. The molecule has 0 aromatic carbocycles. The van der Waals surface area contributed by atoms with Crippen LogP contribution in [0.25, 0.3) is 0 Å². The van der Waals surface area contributed by atoms with Crippen molar-refractivity contribution in [3.05, 3.63) is 0 Å². The summed E-state index contributed by atoms with van der Waals surface area (Å²) >= 11 is 0. The van der Waals surface area contributed by atoms with Crippen LogP contribution in [0.2, 0.25) is 0 Å². The zero-order chi connectivity index (χ0) is 10.6. The van der Waals surface area contributed by atoms with Crippen molar-refractivity contribution in [2.75, 3.05) is 11.5 Å². The van der Waals surface area contributed by atoms with E-state index in [-0.39, 0.29) is 17.6 Å². The van der Waals surface area contributed by atoms with Gasteiger partial charge in [-0.15, -0.1) is 0 Å². The quantitative estimate of drug-likeness (QED) is 0.705. The molecule has 1 aliphatic rings. The standard InChI is InChI=1S/C10H20O3S/c1-2-7-14(12,13)8-3-4-10(11)9-5-6-9/h9-11H,2-8H2,1H3. The normalized spacial score (nSPS) is 19.6. The van der Waals surface area contributed by atoms with Gasteiger partial charge in [0.25, 0.3) is 0 Å². The average molecular weight is 220 g/mol. The van der Waals surface area contributed by atoms with Gasteiger partial charge in [-0.1, -0.05) is 6.92 Å². The SMILES string of the molecule is CCCS(=O)(=O)CCCC(O)C1CC1. The van der Waals surface area contributed by atoms with E-state index in [4.69, 9.17) is 0 Å². The Morgan fingerprint density at radius 2 is 2.00 bits per heavy atom. The van der Waals surface area contributed by atoms with Gasteiger partial charge in [0.05, 0.1) is 11.9 Å². The van der Waals surface area contributed by atoms with Gasteiger partial charge in [-0.3, -0.25) is 0 Å². The number of rotatable bonds is 7. The maximum atomic E-state index is 11.3. The lowest BCUT2D eigenvalue weighted by molar-refractivity contribution is 0.141. The fourth-order valence-corrected chi connectivity index (χ4v) is 3.07. The number of aliphatic hydroxyl groups is 1. The van der Waals surface area contributed by atoms with Crippen molar-refractivity contribution >= 4 is 9.84 Å². The Morgan fingerprint density at radius 1 is 1.36 bits per heavy atom. The van der Waals surface area contributed by atoms with Crippen LogP contribution in [-0.4, -0.2) is 31.1 Å². The predicted molar refractivity (Wildman–Crippen MR) is 56.9 cm³/mol. The van der Waals surface area contributed by atoms with Gasteiger partial charge in [-0.05, 0) is 38.0 Å². The summed E-state index contributed by atoms with van der Waals surface area (Å²) in [5.41, 5.74) is 0. The number of sulfone groups is 1. The fraction of sp³-hybridized carbons (Fsp3) is 1.00. The summed E-state index contributed by atoms with van der Waals surface area (Å²) in [6.07, 6.45) is 3.92. The topological polar surface area (TPSA) is 54.4 Å². The lowest BCUT2D eigenvalue weighted by atomic mass is 10.1. The first-order valence-corrected chi connectivity index (χ1v) is 7.26. The molecule has 14 heavy (non-hydrogen) atoms. The van der Waals surface area contributed by atoms with Gasteiger partial charge in [0.15, 0.2) is 0 Å². The maximum Gasteiger partial charge on any atom is 0.150 e. The predicted octanol–water partition coefficient (Wildman–Crippen LogP) is 1.36. The fourth-order valence-electron chi connectivity index (χ4n) is 1.64. The number of hydrogen-bond acceptors (Lipinski definition) is 3. The monoisotopic (exact) mass is 220 g/mol. The van der Waals surface area contributed by atoms with E-state index in [1.54, 1.807) is 0 Å². The van der Waals surface area contributed by atoms with Crippen LogP contribution in [-0.2, 0) is 9.84 Å². The highest BCUT2D eigenvalue weighted by Gasteiger charge is 2.29. The van der Waals surface area contributed by atoms with E-state index in [2.05, 4.69) is 0 Å². The molecule has 84 valence electrons. The van der Waals surface area contributed by atoms with Gasteiger partial charge in [0.1, 0.15) is 9.84 Å². The van der Waals surface area contributed by atoms with E-state index in [9.17, 15) is 13.5 Å². The maximum absolute atomic E-state index is 11.3. The van der Waals surface area contributed by atoms with Crippen molar-refractivity contribution in [2.24, 2.45) is 5.92 Å². The summed E-state index contributed by atoms with van der Waals surface area (Å²) in [4.78, 5) is 0. The van der Waals surface area contributed by atoms with E-state index < -0.39 is 9.84 Å². The Bertz CT molecular complexity index is 255. The van der Waals surface area contributed by atoms with Crippen LogP contribution in [0.15, 0.2) is 0 Å². The van der Waals surface area contributed by atoms with Crippen molar-refractivity contribution in [1.29, 1.82) is 0 Å². The van der Waals surface area contributed by atoms with Crippen molar-refractivity contribution < 1.29 is 13.5 Å². The summed E-state index contributed by atoms with van der Waals surface area (Å²) in [6, 6.07) is 0. The molecule has 0 aromatic rings. The molecule has 0 radical (unpaired) electrons. The molecule has 1 atom stereocenters. The van der Waals surface area contributed by atoms with Gasteiger partial charge in [-0.2, -0.15) is 0 Å². The van der Waals surface area contributed by atoms with Gasteiger partial charge >= 0.3 is 0 Å². The molecule has 0 aromatic heterocycles. The van der Waals surface area contributed by atoms with Crippen molar-refractivity contribution in [3.8, 4) is 0 Å². The number of hydrogen-bond donors (Lipinski definition) is 1. The van der Waals surface area contributed by atoms with E-state index in [0.29, 0.717) is 25.2 Å². The third-order valence-corrected chi connectivity index (χ3v) is 4.58. The molecule has 0 spiro atoms. The smallest absolute Gasteiger partial charge is 0.150 e. The van der Waals surface area contributed by atoms with Crippen molar-refractivity contribution in [1.82, 2.24) is 0 Å². The summed E-state index contributed by atoms with van der Waals surface area (Å²) < 4.78 is 22.6. The molecule has 0 heterocycles. The average Bonchev–Trinajstić information content (AvgIpc) is 2.85. The van der Waals surface area contributed by atoms with E-state index in [1.807, 2.05) is 6.92 Å². The first-order chi connectivity index (χ1) is 6.55. The molecule has 1 unspecified atom stereocenters. The molecule has 0 aliphatic heterocycles. The molecule has 1 aliphatic carbocycles. The molecule has 1 rings (SSSR count). The minimum atomic E-state index is -2.84. The van der Waals surface area contributed by atoms with Crippen LogP contribution in [0.5, 0.6) is 0 Å². The second-order valence-corrected chi connectivity index (χ2v) is 6.50. The van der Waals surface area contributed by atoms with E-state index >= 15 is 0 Å². The first kappa shape index (κ1) is 12.0.